The van der Waals surface area contributed by atoms with Crippen LogP contribution in [-0.2, 0) is 0 Å². The van der Waals surface area contributed by atoms with Crippen LogP contribution in [0.4, 0.5) is 0 Å². The summed E-state index contributed by atoms with van der Waals surface area (Å²) in [7, 11) is 2.18. The summed E-state index contributed by atoms with van der Waals surface area (Å²) in [5, 5.41) is 8.48. The molecule has 0 unspecified atom stereocenters. The van der Waals surface area contributed by atoms with E-state index in [1.807, 2.05) is 6.08 Å². The number of hydrogen-bond acceptors (Lipinski definition) is 1. The number of nitriles is 1. The lowest BCUT2D eigenvalue weighted by molar-refractivity contribution is 0.639. The molecule has 0 aliphatic heterocycles. The Kier molecular flexibility index (Phi) is 1.94. The van der Waals surface area contributed by atoms with Gasteiger partial charge in [0.2, 0.25) is 0 Å². The fraction of sp³-hybridized carbons (Fsp3) is 0.571. The quantitative estimate of drug-likeness (QED) is 0.343. The molecule has 0 N–H and O–H groups in total. The molecule has 0 heterocycles. The summed E-state index contributed by atoms with van der Waals surface area (Å²) in [5.74, 6) is 0.885. The van der Waals surface area contributed by atoms with Crippen molar-refractivity contribution in [1.29, 1.82) is 5.26 Å². The highest BCUT2D eigenvalue weighted by Crippen LogP contribution is 2.22. The number of nitrogens with zero attached hydrogens (tertiary/aromatic N) is 1. The Hall–Kier alpha value is -0.705. The lowest BCUT2D eigenvalue weighted by atomic mass is 9.77. The summed E-state index contributed by atoms with van der Waals surface area (Å²) in [6.45, 7) is 0. The van der Waals surface area contributed by atoms with Crippen molar-refractivity contribution in [2.75, 3.05) is 0 Å². The van der Waals surface area contributed by atoms with Crippen LogP contribution in [0.3, 0.4) is 0 Å². The van der Waals surface area contributed by atoms with Crippen LogP contribution in [0.25, 0.3) is 0 Å². The molecule has 1 nitrogen and oxygen atoms in total. The van der Waals surface area contributed by atoms with Gasteiger partial charge in [0.05, 0.1) is 12.0 Å². The van der Waals surface area contributed by atoms with Crippen molar-refractivity contribution in [3.63, 3.8) is 0 Å². The maximum absolute atomic E-state index is 8.48. The van der Waals surface area contributed by atoms with Gasteiger partial charge in [0.1, 0.15) is 7.85 Å². The summed E-state index contributed by atoms with van der Waals surface area (Å²) in [4.78, 5) is 0. The maximum Gasteiger partial charge on any atom is 0.110 e. The smallest absolute Gasteiger partial charge is 0.110 e. The lowest BCUT2D eigenvalue weighted by Gasteiger charge is -2.13. The van der Waals surface area contributed by atoms with Crippen LogP contribution in [-0.4, -0.2) is 7.85 Å². The average molecular weight is 119 g/mol. The number of hydrogen-bond donors (Lipinski definition) is 0. The van der Waals surface area contributed by atoms with E-state index in [2.05, 4.69) is 20.0 Å². The molecule has 1 aliphatic carbocycles. The summed E-state index contributed by atoms with van der Waals surface area (Å²) < 4.78 is 0. The summed E-state index contributed by atoms with van der Waals surface area (Å²) in [6.07, 6.45) is 6.38. The Morgan fingerprint density at radius 1 is 1.44 bits per heavy atom. The molecule has 2 heteroatoms. The Morgan fingerprint density at radius 3 is 2.67 bits per heavy atom. The minimum Gasteiger partial charge on any atom is -0.198 e. The van der Waals surface area contributed by atoms with Crippen LogP contribution in [0.2, 0.25) is 5.82 Å². The zero-order valence-electron chi connectivity index (χ0n) is 5.67. The fourth-order valence-corrected chi connectivity index (χ4v) is 1.07. The van der Waals surface area contributed by atoms with Crippen LogP contribution in [0.5, 0.6) is 0 Å². The minimum absolute atomic E-state index is 0.196. The van der Waals surface area contributed by atoms with Crippen LogP contribution in [0.15, 0.2) is 12.2 Å². The molecule has 0 aromatic rings. The van der Waals surface area contributed by atoms with Crippen molar-refractivity contribution in [2.24, 2.45) is 5.92 Å². The van der Waals surface area contributed by atoms with Gasteiger partial charge in [-0.15, -0.1) is 0 Å². The first-order chi connectivity index (χ1) is 4.33. The molecular weight excluding hydrogens is 109 g/mol. The standard InChI is InChI=1S/C7H10BN/c8-7-3-1-6(5-9)2-4-7/h1,3,6-7H,2,4,8H2/t6-,7+/m1/s1. The first-order valence-electron chi connectivity index (χ1n) is 3.41. The van der Waals surface area contributed by atoms with E-state index in [1.54, 1.807) is 0 Å². The summed E-state index contributed by atoms with van der Waals surface area (Å²) in [6, 6.07) is 2.24. The van der Waals surface area contributed by atoms with E-state index in [-0.39, 0.29) is 5.92 Å². The number of allylic oxidation sites excluding steroid dienone is 2. The van der Waals surface area contributed by atoms with E-state index in [0.29, 0.717) is 5.82 Å². The third-order valence-electron chi connectivity index (χ3n) is 1.77. The predicted molar refractivity (Wildman–Crippen MR) is 39.8 cm³/mol. The van der Waals surface area contributed by atoms with Gasteiger partial charge in [0.15, 0.2) is 0 Å². The summed E-state index contributed by atoms with van der Waals surface area (Å²) >= 11 is 0. The molecule has 0 spiro atoms. The van der Waals surface area contributed by atoms with Crippen LogP contribution < -0.4 is 0 Å². The Balaban J connectivity index is 2.50. The van der Waals surface area contributed by atoms with Crippen LogP contribution >= 0.6 is 0 Å². The van der Waals surface area contributed by atoms with Gasteiger partial charge < -0.3 is 0 Å². The predicted octanol–water partition coefficient (Wildman–Crippen LogP) is 0.898. The highest BCUT2D eigenvalue weighted by atomic mass is 14.3. The van der Waals surface area contributed by atoms with Crippen molar-refractivity contribution >= 4 is 7.85 Å². The molecule has 0 aromatic carbocycles. The topological polar surface area (TPSA) is 23.8 Å². The molecule has 0 amide bonds. The Labute approximate surface area is 56.8 Å². The molecule has 0 aromatic heterocycles. The second-order valence-electron chi connectivity index (χ2n) is 2.68. The van der Waals surface area contributed by atoms with Crippen molar-refractivity contribution in [1.82, 2.24) is 0 Å². The van der Waals surface area contributed by atoms with Crippen molar-refractivity contribution in [3.05, 3.63) is 12.2 Å². The first kappa shape index (κ1) is 6.42. The first-order valence-corrected chi connectivity index (χ1v) is 3.41. The van der Waals surface area contributed by atoms with Crippen LogP contribution in [0, 0.1) is 17.2 Å². The summed E-state index contributed by atoms with van der Waals surface area (Å²) in [5.41, 5.74) is 0. The molecule has 0 saturated heterocycles. The molecule has 2 atom stereocenters. The molecule has 0 radical (unpaired) electrons. The van der Waals surface area contributed by atoms with Crippen molar-refractivity contribution in [2.45, 2.75) is 18.7 Å². The SMILES string of the molecule is B[C@H]1C=C[C@@H](C#N)CC1. The molecular formula is C7H10BN. The third-order valence-corrected chi connectivity index (χ3v) is 1.77. The van der Waals surface area contributed by atoms with Gasteiger partial charge in [-0.05, 0) is 6.42 Å². The van der Waals surface area contributed by atoms with Gasteiger partial charge in [-0.3, -0.25) is 0 Å². The monoisotopic (exact) mass is 119 g/mol. The van der Waals surface area contributed by atoms with E-state index in [0.717, 1.165) is 6.42 Å². The lowest BCUT2D eigenvalue weighted by Crippen LogP contribution is -2.02. The van der Waals surface area contributed by atoms with Gasteiger partial charge >= 0.3 is 0 Å². The van der Waals surface area contributed by atoms with E-state index in [1.165, 1.54) is 6.42 Å². The van der Waals surface area contributed by atoms with E-state index >= 15 is 0 Å². The van der Waals surface area contributed by atoms with Gasteiger partial charge in [0.25, 0.3) is 0 Å². The Morgan fingerprint density at radius 2 is 2.22 bits per heavy atom. The molecule has 9 heavy (non-hydrogen) atoms. The minimum atomic E-state index is 0.196. The maximum atomic E-state index is 8.48. The fourth-order valence-electron chi connectivity index (χ4n) is 1.07. The second kappa shape index (κ2) is 2.73. The molecule has 1 aliphatic rings. The largest absolute Gasteiger partial charge is 0.198 e. The molecule has 0 bridgehead atoms. The van der Waals surface area contributed by atoms with Gasteiger partial charge in [-0.25, -0.2) is 0 Å². The zero-order chi connectivity index (χ0) is 6.69. The second-order valence-corrected chi connectivity index (χ2v) is 2.68. The van der Waals surface area contributed by atoms with Crippen LogP contribution in [0.1, 0.15) is 12.8 Å². The highest BCUT2D eigenvalue weighted by molar-refractivity contribution is 6.12. The highest BCUT2D eigenvalue weighted by Gasteiger charge is 2.10. The molecule has 1 rings (SSSR count). The van der Waals surface area contributed by atoms with E-state index in [9.17, 15) is 0 Å². The number of rotatable bonds is 0. The zero-order valence-corrected chi connectivity index (χ0v) is 5.67. The average Bonchev–Trinajstić information content (AvgIpc) is 1.90. The molecule has 0 saturated carbocycles. The van der Waals surface area contributed by atoms with Gasteiger partial charge in [-0.1, -0.05) is 24.4 Å². The van der Waals surface area contributed by atoms with Crippen molar-refractivity contribution in [3.8, 4) is 6.07 Å². The van der Waals surface area contributed by atoms with E-state index < -0.39 is 0 Å². The molecule has 46 valence electrons. The molecule has 0 fully saturated rings. The normalized spacial score (nSPS) is 33.7. The van der Waals surface area contributed by atoms with Crippen molar-refractivity contribution < 1.29 is 0 Å². The van der Waals surface area contributed by atoms with E-state index in [4.69, 9.17) is 5.26 Å². The Bertz CT molecular complexity index is 157. The third kappa shape index (κ3) is 1.60. The van der Waals surface area contributed by atoms with Gasteiger partial charge in [0, 0.05) is 0 Å². The van der Waals surface area contributed by atoms with Gasteiger partial charge in [-0.2, -0.15) is 5.26 Å².